The Kier molecular flexibility index (Phi) is 4.14. The van der Waals surface area contributed by atoms with Gasteiger partial charge in [0.25, 0.3) is 0 Å². The number of nitrogens with zero attached hydrogens (tertiary/aromatic N) is 3. The molecule has 1 N–H and O–H groups in total. The summed E-state index contributed by atoms with van der Waals surface area (Å²) >= 11 is 0. The third-order valence-corrected chi connectivity index (χ3v) is 3.02. The van der Waals surface area contributed by atoms with Crippen LogP contribution in [0.4, 0.5) is 11.5 Å². The molecule has 20 heavy (non-hydrogen) atoms. The van der Waals surface area contributed by atoms with Crippen LogP contribution in [0.2, 0.25) is 0 Å². The third kappa shape index (κ3) is 3.02. The summed E-state index contributed by atoms with van der Waals surface area (Å²) in [6.45, 7) is 3.42. The Labute approximate surface area is 115 Å². The summed E-state index contributed by atoms with van der Waals surface area (Å²) in [4.78, 5) is 27.1. The molecule has 1 aliphatic rings. The van der Waals surface area contributed by atoms with E-state index in [0.717, 1.165) is 6.07 Å². The monoisotopic (exact) mass is 281 g/mol. The number of carboxylic acids is 1. The van der Waals surface area contributed by atoms with Gasteiger partial charge in [-0.05, 0) is 19.4 Å². The van der Waals surface area contributed by atoms with E-state index in [0.29, 0.717) is 26.1 Å². The molecular formula is C12H15N3O5. The van der Waals surface area contributed by atoms with Gasteiger partial charge in [0.2, 0.25) is 5.82 Å². The first kappa shape index (κ1) is 14.2. The second-order valence-electron chi connectivity index (χ2n) is 4.58. The second kappa shape index (κ2) is 5.83. The predicted molar refractivity (Wildman–Crippen MR) is 70.1 cm³/mol. The molecule has 108 valence electrons. The van der Waals surface area contributed by atoms with Gasteiger partial charge in [-0.2, -0.15) is 0 Å². The van der Waals surface area contributed by atoms with E-state index in [1.807, 2.05) is 6.92 Å². The van der Waals surface area contributed by atoms with Crippen LogP contribution in [-0.2, 0) is 4.74 Å². The Morgan fingerprint density at radius 1 is 1.60 bits per heavy atom. The summed E-state index contributed by atoms with van der Waals surface area (Å²) in [5.74, 6) is -1.12. The molecule has 1 unspecified atom stereocenters. The number of carboxylic acid groups (broad SMARTS) is 1. The largest absolute Gasteiger partial charge is 0.477 e. The van der Waals surface area contributed by atoms with Crippen LogP contribution >= 0.6 is 0 Å². The van der Waals surface area contributed by atoms with Crippen molar-refractivity contribution in [3.63, 3.8) is 0 Å². The highest BCUT2D eigenvalue weighted by Crippen LogP contribution is 2.27. The molecule has 0 radical (unpaired) electrons. The number of nitro groups is 1. The molecule has 1 saturated heterocycles. The molecular weight excluding hydrogens is 266 g/mol. The Hall–Kier alpha value is -2.22. The summed E-state index contributed by atoms with van der Waals surface area (Å²) in [6.07, 6.45) is 0.618. The van der Waals surface area contributed by atoms with Crippen LogP contribution in [0.5, 0.6) is 0 Å². The first-order valence-electron chi connectivity index (χ1n) is 6.24. The summed E-state index contributed by atoms with van der Waals surface area (Å²) < 4.78 is 5.48. The van der Waals surface area contributed by atoms with Crippen molar-refractivity contribution in [2.24, 2.45) is 0 Å². The molecule has 0 bridgehead atoms. The minimum atomic E-state index is -1.21. The van der Waals surface area contributed by atoms with E-state index in [-0.39, 0.29) is 23.3 Å². The van der Waals surface area contributed by atoms with Gasteiger partial charge in [-0.15, -0.1) is 0 Å². The van der Waals surface area contributed by atoms with Crippen LogP contribution in [0.1, 0.15) is 23.8 Å². The molecule has 1 fully saturated rings. The average Bonchev–Trinajstić information content (AvgIpc) is 2.62. The number of aromatic carboxylic acids is 1. The minimum absolute atomic E-state index is 0.0900. The van der Waals surface area contributed by atoms with Crippen LogP contribution in [0.25, 0.3) is 0 Å². The van der Waals surface area contributed by atoms with Gasteiger partial charge >= 0.3 is 11.7 Å². The number of hydrogen-bond donors (Lipinski definition) is 1. The van der Waals surface area contributed by atoms with Crippen LogP contribution < -0.4 is 4.90 Å². The lowest BCUT2D eigenvalue weighted by Gasteiger charge is -2.22. The van der Waals surface area contributed by atoms with Crippen LogP contribution in [-0.4, -0.2) is 46.8 Å². The lowest BCUT2D eigenvalue weighted by Crippen LogP contribution is -2.31. The fraction of sp³-hybridized carbons (Fsp3) is 0.500. The quantitative estimate of drug-likeness (QED) is 0.657. The fourth-order valence-electron chi connectivity index (χ4n) is 2.12. The highest BCUT2D eigenvalue weighted by Gasteiger charge is 2.26. The molecule has 2 heterocycles. The van der Waals surface area contributed by atoms with Gasteiger partial charge in [-0.1, -0.05) is 0 Å². The van der Waals surface area contributed by atoms with Gasteiger partial charge in [0.15, 0.2) is 5.69 Å². The van der Waals surface area contributed by atoms with Crippen molar-refractivity contribution < 1.29 is 19.6 Å². The van der Waals surface area contributed by atoms with Crippen molar-refractivity contribution in [2.75, 3.05) is 24.6 Å². The maximum absolute atomic E-state index is 11.1. The highest BCUT2D eigenvalue weighted by atomic mass is 16.6. The molecule has 8 heteroatoms. The maximum atomic E-state index is 11.1. The molecule has 0 amide bonds. The lowest BCUT2D eigenvalue weighted by molar-refractivity contribution is -0.384. The van der Waals surface area contributed by atoms with Crippen LogP contribution in [0.15, 0.2) is 12.1 Å². The van der Waals surface area contributed by atoms with Crippen molar-refractivity contribution in [3.05, 3.63) is 27.9 Å². The molecule has 0 aliphatic carbocycles. The highest BCUT2D eigenvalue weighted by molar-refractivity contribution is 5.86. The smallest absolute Gasteiger partial charge is 0.354 e. The van der Waals surface area contributed by atoms with Crippen molar-refractivity contribution in [1.29, 1.82) is 0 Å². The van der Waals surface area contributed by atoms with E-state index < -0.39 is 10.9 Å². The summed E-state index contributed by atoms with van der Waals surface area (Å²) in [5, 5.41) is 20.0. The Bertz CT molecular complexity index is 534. The van der Waals surface area contributed by atoms with Crippen molar-refractivity contribution in [3.8, 4) is 0 Å². The number of anilines is 1. The number of carbonyl (C=O) groups is 1. The number of pyridine rings is 1. The number of ether oxygens (including phenoxy) is 1. The van der Waals surface area contributed by atoms with Crippen LogP contribution in [0.3, 0.4) is 0 Å². The molecule has 1 atom stereocenters. The van der Waals surface area contributed by atoms with Gasteiger partial charge in [-0.3, -0.25) is 10.1 Å². The first-order valence-corrected chi connectivity index (χ1v) is 6.24. The van der Waals surface area contributed by atoms with Crippen molar-refractivity contribution in [2.45, 2.75) is 19.4 Å². The Balaban J connectivity index is 2.42. The molecule has 1 aliphatic heterocycles. The van der Waals surface area contributed by atoms with E-state index in [2.05, 4.69) is 4.98 Å². The van der Waals surface area contributed by atoms with E-state index >= 15 is 0 Å². The Morgan fingerprint density at radius 2 is 2.35 bits per heavy atom. The molecule has 2 rings (SSSR count). The van der Waals surface area contributed by atoms with E-state index in [1.54, 1.807) is 4.90 Å². The molecule has 0 aromatic carbocycles. The molecule has 0 spiro atoms. The lowest BCUT2D eigenvalue weighted by atomic mass is 10.2. The SMILES string of the molecule is CC1CN(c2nc(C(=O)O)ccc2[N+](=O)[O-])CCCO1. The number of rotatable bonds is 3. The normalized spacial score (nSPS) is 19.4. The second-order valence-corrected chi connectivity index (χ2v) is 4.58. The minimum Gasteiger partial charge on any atom is -0.477 e. The molecule has 1 aromatic rings. The first-order chi connectivity index (χ1) is 9.49. The van der Waals surface area contributed by atoms with E-state index in [1.165, 1.54) is 6.07 Å². The van der Waals surface area contributed by atoms with Crippen LogP contribution in [0, 0.1) is 10.1 Å². The summed E-state index contributed by atoms with van der Waals surface area (Å²) in [7, 11) is 0. The fourth-order valence-corrected chi connectivity index (χ4v) is 2.12. The van der Waals surface area contributed by atoms with Gasteiger partial charge in [0.1, 0.15) is 0 Å². The van der Waals surface area contributed by atoms with Gasteiger partial charge in [0.05, 0.1) is 11.0 Å². The number of hydrogen-bond acceptors (Lipinski definition) is 6. The molecule has 1 aromatic heterocycles. The topological polar surface area (TPSA) is 106 Å². The van der Waals surface area contributed by atoms with Crippen molar-refractivity contribution >= 4 is 17.5 Å². The molecule has 0 saturated carbocycles. The number of aromatic nitrogens is 1. The standard InChI is InChI=1S/C12H15N3O5/c1-8-7-14(5-2-6-20-8)11-10(15(18)19)4-3-9(13-11)12(16)17/h3-4,8H,2,5-7H2,1H3,(H,16,17). The Morgan fingerprint density at radius 3 is 3.00 bits per heavy atom. The van der Waals surface area contributed by atoms with Gasteiger partial charge < -0.3 is 14.7 Å². The third-order valence-electron chi connectivity index (χ3n) is 3.02. The zero-order valence-electron chi connectivity index (χ0n) is 11.0. The van der Waals surface area contributed by atoms with Crippen molar-refractivity contribution in [1.82, 2.24) is 4.98 Å². The van der Waals surface area contributed by atoms with Gasteiger partial charge in [0, 0.05) is 25.8 Å². The van der Waals surface area contributed by atoms with E-state index in [9.17, 15) is 14.9 Å². The summed E-state index contributed by atoms with van der Waals surface area (Å²) in [5.41, 5.74) is -0.396. The predicted octanol–water partition coefficient (Wildman–Crippen LogP) is 1.30. The zero-order valence-corrected chi connectivity index (χ0v) is 11.0. The zero-order chi connectivity index (χ0) is 14.7. The maximum Gasteiger partial charge on any atom is 0.354 e. The molecule has 8 nitrogen and oxygen atoms in total. The average molecular weight is 281 g/mol. The summed E-state index contributed by atoms with van der Waals surface area (Å²) in [6, 6.07) is 2.32. The van der Waals surface area contributed by atoms with E-state index in [4.69, 9.17) is 9.84 Å². The van der Waals surface area contributed by atoms with Gasteiger partial charge in [-0.25, -0.2) is 9.78 Å².